The number of benzene rings is 1. The predicted octanol–water partition coefficient (Wildman–Crippen LogP) is 2.39. The molecule has 0 radical (unpaired) electrons. The molecule has 0 bridgehead atoms. The molecule has 110 valence electrons. The van der Waals surface area contributed by atoms with Crippen molar-refractivity contribution in [2.45, 2.75) is 37.8 Å². The van der Waals surface area contributed by atoms with Crippen molar-refractivity contribution in [3.05, 3.63) is 35.9 Å². The Morgan fingerprint density at radius 1 is 1.35 bits per heavy atom. The first-order valence-electron chi connectivity index (χ1n) is 7.23. The fraction of sp³-hybridized carbons (Fsp3) is 0.562. The maximum absolute atomic E-state index is 8.36. The molecule has 1 saturated heterocycles. The molecule has 2 fully saturated rings. The molecule has 1 aliphatic carbocycles. The quantitative estimate of drug-likeness (QED) is 0.774. The topological polar surface area (TPSA) is 58.6 Å². The molecule has 4 nitrogen and oxygen atoms in total. The van der Waals surface area contributed by atoms with E-state index in [1.807, 2.05) is 0 Å². The molecular formula is C16H23NO3. The summed E-state index contributed by atoms with van der Waals surface area (Å²) in [4.78, 5) is 8.36. The number of hydrogen-bond donors (Lipinski definition) is 2. The second-order valence-electron chi connectivity index (χ2n) is 5.62. The number of carbonyl (C=O) groups is 1. The summed E-state index contributed by atoms with van der Waals surface area (Å²) in [5, 5.41) is 10.6. The van der Waals surface area contributed by atoms with E-state index in [-0.39, 0.29) is 12.0 Å². The smallest absolute Gasteiger partial charge is 0.290 e. The molecule has 1 heterocycles. The lowest BCUT2D eigenvalue weighted by Crippen LogP contribution is -2.60. The second kappa shape index (κ2) is 6.86. The minimum atomic E-state index is -0.250. The van der Waals surface area contributed by atoms with Gasteiger partial charge in [-0.15, -0.1) is 0 Å². The highest BCUT2D eigenvalue weighted by atomic mass is 16.5. The van der Waals surface area contributed by atoms with E-state index in [1.54, 1.807) is 0 Å². The van der Waals surface area contributed by atoms with Crippen LogP contribution in [0, 0.1) is 5.92 Å². The van der Waals surface area contributed by atoms with E-state index in [2.05, 4.69) is 42.6 Å². The number of rotatable bonds is 1. The largest absolute Gasteiger partial charge is 0.483 e. The van der Waals surface area contributed by atoms with Gasteiger partial charge in [0.15, 0.2) is 0 Å². The van der Waals surface area contributed by atoms with Gasteiger partial charge < -0.3 is 15.2 Å². The average molecular weight is 277 g/mol. The lowest BCUT2D eigenvalue weighted by molar-refractivity contribution is -0.122. The first kappa shape index (κ1) is 15.0. The normalized spacial score (nSPS) is 32.5. The summed E-state index contributed by atoms with van der Waals surface area (Å²) >= 11 is 0. The number of fused-ring (bicyclic) bond motifs is 1. The Morgan fingerprint density at radius 2 is 2.05 bits per heavy atom. The van der Waals surface area contributed by atoms with E-state index in [0.29, 0.717) is 6.10 Å². The average Bonchev–Trinajstić information content (AvgIpc) is 2.48. The number of hydrogen-bond acceptors (Lipinski definition) is 3. The van der Waals surface area contributed by atoms with Crippen LogP contribution in [-0.2, 0) is 15.1 Å². The Hall–Kier alpha value is -1.39. The third kappa shape index (κ3) is 3.02. The number of ether oxygens (including phenoxy) is 1. The molecule has 3 atom stereocenters. The molecule has 4 heteroatoms. The lowest BCUT2D eigenvalue weighted by atomic mass is 9.70. The molecule has 2 aliphatic rings. The Kier molecular flexibility index (Phi) is 5.15. The van der Waals surface area contributed by atoms with Crippen molar-refractivity contribution < 1.29 is 14.6 Å². The molecule has 1 aromatic carbocycles. The third-order valence-corrected chi connectivity index (χ3v) is 4.29. The highest BCUT2D eigenvalue weighted by Crippen LogP contribution is 2.42. The Morgan fingerprint density at radius 3 is 2.75 bits per heavy atom. The molecule has 1 saturated carbocycles. The van der Waals surface area contributed by atoms with Gasteiger partial charge in [-0.25, -0.2) is 0 Å². The molecule has 3 rings (SSSR count). The van der Waals surface area contributed by atoms with Crippen molar-refractivity contribution in [2.75, 3.05) is 13.2 Å². The highest BCUT2D eigenvalue weighted by molar-refractivity contribution is 5.32. The molecule has 2 N–H and O–H groups in total. The van der Waals surface area contributed by atoms with Crippen LogP contribution in [0.2, 0.25) is 0 Å². The van der Waals surface area contributed by atoms with Crippen LogP contribution in [0.15, 0.2) is 30.3 Å². The molecule has 1 aromatic rings. The summed E-state index contributed by atoms with van der Waals surface area (Å²) < 4.78 is 6.03. The maximum Gasteiger partial charge on any atom is 0.290 e. The van der Waals surface area contributed by atoms with Crippen LogP contribution >= 0.6 is 0 Å². The summed E-state index contributed by atoms with van der Waals surface area (Å²) in [6, 6.07) is 10.8. The summed E-state index contributed by atoms with van der Waals surface area (Å²) in [6.07, 6.45) is 4.03. The molecular weight excluding hydrogens is 254 g/mol. The highest BCUT2D eigenvalue weighted by Gasteiger charge is 2.46. The molecule has 1 aliphatic heterocycles. The van der Waals surface area contributed by atoms with Crippen molar-refractivity contribution >= 4 is 6.47 Å². The van der Waals surface area contributed by atoms with E-state index in [4.69, 9.17) is 14.6 Å². The predicted molar refractivity (Wildman–Crippen MR) is 77.6 cm³/mol. The first-order chi connectivity index (χ1) is 9.73. The van der Waals surface area contributed by atoms with E-state index in [1.165, 1.54) is 24.8 Å². The SMILES string of the molecule is CC1CCC2OCCNC2(c2ccccc2)C1.O=CO. The molecule has 0 aromatic heterocycles. The minimum absolute atomic E-state index is 0.0666. The van der Waals surface area contributed by atoms with Crippen molar-refractivity contribution in [3.63, 3.8) is 0 Å². The Bertz CT molecular complexity index is 423. The van der Waals surface area contributed by atoms with Crippen LogP contribution in [0.5, 0.6) is 0 Å². The molecule has 0 spiro atoms. The van der Waals surface area contributed by atoms with Crippen LogP contribution in [-0.4, -0.2) is 30.8 Å². The fourth-order valence-electron chi connectivity index (χ4n) is 3.49. The number of carboxylic acid groups (broad SMARTS) is 1. The van der Waals surface area contributed by atoms with Gasteiger partial charge in [0.25, 0.3) is 6.47 Å². The zero-order valence-corrected chi connectivity index (χ0v) is 11.9. The van der Waals surface area contributed by atoms with Gasteiger partial charge in [0.1, 0.15) is 0 Å². The first-order valence-corrected chi connectivity index (χ1v) is 7.23. The van der Waals surface area contributed by atoms with Gasteiger partial charge in [-0.3, -0.25) is 4.79 Å². The fourth-order valence-corrected chi connectivity index (χ4v) is 3.49. The zero-order chi connectivity index (χ0) is 14.4. The van der Waals surface area contributed by atoms with Gasteiger partial charge in [-0.1, -0.05) is 37.3 Å². The number of morpholine rings is 1. The van der Waals surface area contributed by atoms with Crippen LogP contribution in [0.4, 0.5) is 0 Å². The van der Waals surface area contributed by atoms with E-state index >= 15 is 0 Å². The van der Waals surface area contributed by atoms with Crippen molar-refractivity contribution in [1.29, 1.82) is 0 Å². The van der Waals surface area contributed by atoms with Gasteiger partial charge in [0.2, 0.25) is 0 Å². The third-order valence-electron chi connectivity index (χ3n) is 4.29. The molecule has 3 unspecified atom stereocenters. The van der Waals surface area contributed by atoms with E-state index in [0.717, 1.165) is 19.1 Å². The van der Waals surface area contributed by atoms with E-state index < -0.39 is 0 Å². The molecule has 20 heavy (non-hydrogen) atoms. The summed E-state index contributed by atoms with van der Waals surface area (Å²) in [5.74, 6) is 0.778. The van der Waals surface area contributed by atoms with Crippen LogP contribution in [0.25, 0.3) is 0 Å². The summed E-state index contributed by atoms with van der Waals surface area (Å²) in [7, 11) is 0. The van der Waals surface area contributed by atoms with Crippen molar-refractivity contribution in [2.24, 2.45) is 5.92 Å². The summed E-state index contributed by atoms with van der Waals surface area (Å²) in [5.41, 5.74) is 1.47. The van der Waals surface area contributed by atoms with Crippen molar-refractivity contribution in [1.82, 2.24) is 5.32 Å². The standard InChI is InChI=1S/C15H21NO.CH2O2/c1-12-7-8-14-15(11-12,16-9-10-17-14)13-5-3-2-4-6-13;2-1-3/h2-6,12,14,16H,7-11H2,1H3;1H,(H,2,3). The summed E-state index contributed by atoms with van der Waals surface area (Å²) in [6.45, 7) is 3.93. The zero-order valence-electron chi connectivity index (χ0n) is 11.9. The van der Waals surface area contributed by atoms with Gasteiger partial charge in [-0.05, 0) is 30.7 Å². The Labute approximate surface area is 120 Å². The second-order valence-corrected chi connectivity index (χ2v) is 5.62. The maximum atomic E-state index is 8.36. The number of nitrogens with one attached hydrogen (secondary N) is 1. The van der Waals surface area contributed by atoms with Crippen LogP contribution in [0.1, 0.15) is 31.7 Å². The Balaban J connectivity index is 0.000000452. The minimum Gasteiger partial charge on any atom is -0.483 e. The van der Waals surface area contributed by atoms with Gasteiger partial charge in [0.05, 0.1) is 18.2 Å². The van der Waals surface area contributed by atoms with Crippen LogP contribution in [0.3, 0.4) is 0 Å². The molecule has 0 amide bonds. The van der Waals surface area contributed by atoms with E-state index in [9.17, 15) is 0 Å². The van der Waals surface area contributed by atoms with Gasteiger partial charge in [0, 0.05) is 6.54 Å². The van der Waals surface area contributed by atoms with Crippen molar-refractivity contribution in [3.8, 4) is 0 Å². The van der Waals surface area contributed by atoms with Gasteiger partial charge >= 0.3 is 0 Å². The van der Waals surface area contributed by atoms with Crippen LogP contribution < -0.4 is 5.32 Å². The monoisotopic (exact) mass is 277 g/mol. The lowest BCUT2D eigenvalue weighted by Gasteiger charge is -2.50. The van der Waals surface area contributed by atoms with Gasteiger partial charge in [-0.2, -0.15) is 0 Å².